The Morgan fingerprint density at radius 2 is 0.889 bits per heavy atom. The smallest absolute Gasteiger partial charge is 0.252 e. The zero-order chi connectivity index (χ0) is 13.1. The summed E-state index contributed by atoms with van der Waals surface area (Å²) in [6.07, 6.45) is 0. The molecule has 2 aromatic rings. The standard InChI is InChI=1S/C14H8Cl2O2/c15-13(17)11-5-1-9(2-6-11)10-3-7-12(8-4-10)14(16)18/h1-8H. The van der Waals surface area contributed by atoms with Crippen LogP contribution in [0, 0.1) is 0 Å². The van der Waals surface area contributed by atoms with Gasteiger partial charge in [-0.25, -0.2) is 0 Å². The van der Waals surface area contributed by atoms with Gasteiger partial charge in [0.25, 0.3) is 10.5 Å². The van der Waals surface area contributed by atoms with Crippen molar-refractivity contribution in [3.8, 4) is 11.1 Å². The Morgan fingerprint density at radius 3 is 1.11 bits per heavy atom. The molecular weight excluding hydrogens is 271 g/mol. The maximum absolute atomic E-state index is 10.9. The molecule has 0 atom stereocenters. The summed E-state index contributed by atoms with van der Waals surface area (Å²) in [7, 11) is 0. The van der Waals surface area contributed by atoms with Crippen LogP contribution in [0.4, 0.5) is 0 Å². The molecule has 0 aliphatic rings. The molecule has 0 radical (unpaired) electrons. The average Bonchev–Trinajstić information content (AvgIpc) is 2.39. The second-order valence-electron chi connectivity index (χ2n) is 3.70. The first kappa shape index (κ1) is 12.8. The second-order valence-corrected chi connectivity index (χ2v) is 4.39. The van der Waals surface area contributed by atoms with E-state index < -0.39 is 10.5 Å². The van der Waals surface area contributed by atoms with E-state index in [1.807, 2.05) is 0 Å². The van der Waals surface area contributed by atoms with Gasteiger partial charge in [0, 0.05) is 11.1 Å². The van der Waals surface area contributed by atoms with Gasteiger partial charge >= 0.3 is 0 Å². The average molecular weight is 279 g/mol. The molecule has 0 heterocycles. The van der Waals surface area contributed by atoms with Gasteiger partial charge < -0.3 is 0 Å². The molecule has 0 fully saturated rings. The first-order valence-electron chi connectivity index (χ1n) is 5.18. The van der Waals surface area contributed by atoms with E-state index in [9.17, 15) is 9.59 Å². The van der Waals surface area contributed by atoms with Crippen molar-refractivity contribution in [2.24, 2.45) is 0 Å². The first-order valence-corrected chi connectivity index (χ1v) is 5.93. The second kappa shape index (κ2) is 5.34. The third-order valence-corrected chi connectivity index (χ3v) is 2.99. The molecule has 2 aromatic carbocycles. The van der Waals surface area contributed by atoms with E-state index in [0.717, 1.165) is 11.1 Å². The summed E-state index contributed by atoms with van der Waals surface area (Å²) in [5, 5.41) is -0.964. The van der Waals surface area contributed by atoms with Crippen LogP contribution >= 0.6 is 23.2 Å². The molecule has 2 nitrogen and oxygen atoms in total. The minimum atomic E-state index is -0.482. The van der Waals surface area contributed by atoms with E-state index in [0.29, 0.717) is 11.1 Å². The van der Waals surface area contributed by atoms with Gasteiger partial charge in [-0.3, -0.25) is 9.59 Å². The Kier molecular flexibility index (Phi) is 3.80. The number of carbonyl (C=O) groups excluding carboxylic acids is 2. The molecule has 0 aromatic heterocycles. The summed E-state index contributed by atoms with van der Waals surface area (Å²) in [6, 6.07) is 13.8. The molecule has 4 heteroatoms. The Hall–Kier alpha value is -1.64. The van der Waals surface area contributed by atoms with Crippen LogP contribution in [0.5, 0.6) is 0 Å². The topological polar surface area (TPSA) is 34.1 Å². The minimum absolute atomic E-state index is 0.452. The van der Waals surface area contributed by atoms with Crippen LogP contribution in [-0.4, -0.2) is 10.5 Å². The Morgan fingerprint density at radius 1 is 0.611 bits per heavy atom. The number of hydrogen-bond donors (Lipinski definition) is 0. The SMILES string of the molecule is O=C(Cl)c1ccc(-c2ccc(C(=O)Cl)cc2)cc1. The van der Waals surface area contributed by atoms with Crippen molar-refractivity contribution in [3.63, 3.8) is 0 Å². The van der Waals surface area contributed by atoms with E-state index in [4.69, 9.17) is 23.2 Å². The summed E-state index contributed by atoms with van der Waals surface area (Å²) in [5.74, 6) is 0. The first-order chi connectivity index (χ1) is 8.58. The fraction of sp³-hybridized carbons (Fsp3) is 0. The highest BCUT2D eigenvalue weighted by Gasteiger charge is 2.04. The van der Waals surface area contributed by atoms with Gasteiger partial charge in [-0.15, -0.1) is 0 Å². The van der Waals surface area contributed by atoms with E-state index >= 15 is 0 Å². The molecule has 0 amide bonds. The lowest BCUT2D eigenvalue weighted by Gasteiger charge is -2.03. The summed E-state index contributed by atoms with van der Waals surface area (Å²) >= 11 is 10.7. The van der Waals surface area contributed by atoms with E-state index in [1.165, 1.54) is 0 Å². The van der Waals surface area contributed by atoms with Gasteiger partial charge in [-0.1, -0.05) is 24.3 Å². The highest BCUT2D eigenvalue weighted by atomic mass is 35.5. The lowest BCUT2D eigenvalue weighted by molar-refractivity contribution is 0.107. The normalized spacial score (nSPS) is 10.1. The fourth-order valence-corrected chi connectivity index (χ4v) is 1.84. The molecular formula is C14H8Cl2O2. The molecule has 0 N–H and O–H groups in total. The van der Waals surface area contributed by atoms with Crippen molar-refractivity contribution in [1.82, 2.24) is 0 Å². The number of rotatable bonds is 3. The van der Waals surface area contributed by atoms with E-state index in [2.05, 4.69) is 0 Å². The summed E-state index contributed by atoms with van der Waals surface area (Å²) < 4.78 is 0. The molecule has 0 aliphatic heterocycles. The summed E-state index contributed by atoms with van der Waals surface area (Å²) in [4.78, 5) is 21.9. The van der Waals surface area contributed by atoms with Crippen LogP contribution in [0.1, 0.15) is 20.7 Å². The molecule has 0 unspecified atom stereocenters. The van der Waals surface area contributed by atoms with Crippen LogP contribution in [0.25, 0.3) is 11.1 Å². The maximum Gasteiger partial charge on any atom is 0.252 e. The van der Waals surface area contributed by atoms with Crippen molar-refractivity contribution in [1.29, 1.82) is 0 Å². The molecule has 2 rings (SSSR count). The van der Waals surface area contributed by atoms with Crippen LogP contribution < -0.4 is 0 Å². The highest BCUT2D eigenvalue weighted by molar-refractivity contribution is 6.68. The molecule has 0 saturated carbocycles. The van der Waals surface area contributed by atoms with Crippen LogP contribution in [-0.2, 0) is 0 Å². The molecule has 0 bridgehead atoms. The van der Waals surface area contributed by atoms with Crippen LogP contribution in [0.15, 0.2) is 48.5 Å². The monoisotopic (exact) mass is 278 g/mol. The Bertz CT molecular complexity index is 531. The lowest BCUT2D eigenvalue weighted by Crippen LogP contribution is -1.89. The van der Waals surface area contributed by atoms with Crippen molar-refractivity contribution >= 4 is 33.7 Å². The van der Waals surface area contributed by atoms with Gasteiger partial charge in [-0.05, 0) is 58.6 Å². The molecule has 18 heavy (non-hydrogen) atoms. The predicted molar refractivity (Wildman–Crippen MR) is 72.2 cm³/mol. The summed E-state index contributed by atoms with van der Waals surface area (Å²) in [6.45, 7) is 0. The van der Waals surface area contributed by atoms with Crippen molar-refractivity contribution in [2.45, 2.75) is 0 Å². The van der Waals surface area contributed by atoms with Crippen LogP contribution in [0.2, 0.25) is 0 Å². The molecule has 0 aliphatic carbocycles. The Labute approximate surface area is 114 Å². The Balaban J connectivity index is 2.31. The number of carbonyl (C=O) groups is 2. The largest absolute Gasteiger partial charge is 0.276 e. The zero-order valence-corrected chi connectivity index (χ0v) is 10.7. The molecule has 0 saturated heterocycles. The third kappa shape index (κ3) is 2.78. The quantitative estimate of drug-likeness (QED) is 0.792. The van der Waals surface area contributed by atoms with E-state index in [1.54, 1.807) is 48.5 Å². The van der Waals surface area contributed by atoms with E-state index in [-0.39, 0.29) is 0 Å². The molecule has 0 spiro atoms. The van der Waals surface area contributed by atoms with Gasteiger partial charge in [-0.2, -0.15) is 0 Å². The minimum Gasteiger partial charge on any atom is -0.276 e. The third-order valence-electron chi connectivity index (χ3n) is 2.56. The lowest BCUT2D eigenvalue weighted by atomic mass is 10.0. The summed E-state index contributed by atoms with van der Waals surface area (Å²) in [5.41, 5.74) is 2.77. The molecule has 90 valence electrons. The zero-order valence-electron chi connectivity index (χ0n) is 9.19. The number of benzene rings is 2. The number of halogens is 2. The number of hydrogen-bond acceptors (Lipinski definition) is 2. The maximum atomic E-state index is 10.9. The van der Waals surface area contributed by atoms with Gasteiger partial charge in [0.2, 0.25) is 0 Å². The van der Waals surface area contributed by atoms with Crippen molar-refractivity contribution in [2.75, 3.05) is 0 Å². The van der Waals surface area contributed by atoms with Gasteiger partial charge in [0.1, 0.15) is 0 Å². The van der Waals surface area contributed by atoms with Crippen LogP contribution in [0.3, 0.4) is 0 Å². The fourth-order valence-electron chi connectivity index (χ4n) is 1.59. The highest BCUT2D eigenvalue weighted by Crippen LogP contribution is 2.21. The van der Waals surface area contributed by atoms with Gasteiger partial charge in [0.05, 0.1) is 0 Å². The van der Waals surface area contributed by atoms with Gasteiger partial charge in [0.15, 0.2) is 0 Å². The van der Waals surface area contributed by atoms with Crippen molar-refractivity contribution in [3.05, 3.63) is 59.7 Å². The van der Waals surface area contributed by atoms with Crippen molar-refractivity contribution < 1.29 is 9.59 Å². The predicted octanol–water partition coefficient (Wildman–Crippen LogP) is 4.11.